The number of nitrogens with zero attached hydrogens (tertiary/aromatic N) is 2. The van der Waals surface area contributed by atoms with Crippen molar-refractivity contribution in [2.45, 2.75) is 26.8 Å². The van der Waals surface area contributed by atoms with Gasteiger partial charge in [-0.05, 0) is 5.41 Å². The first-order chi connectivity index (χ1) is 6.41. The highest BCUT2D eigenvalue weighted by Crippen LogP contribution is 2.19. The molecule has 14 heavy (non-hydrogen) atoms. The molecule has 1 amide bonds. The number of nitrogens with two attached hydrogens (primary N) is 1. The van der Waals surface area contributed by atoms with E-state index in [1.165, 1.54) is 11.3 Å². The summed E-state index contributed by atoms with van der Waals surface area (Å²) in [5.41, 5.74) is 7.05. The van der Waals surface area contributed by atoms with Crippen LogP contribution >= 0.6 is 11.3 Å². The van der Waals surface area contributed by atoms with Crippen molar-refractivity contribution in [3.05, 3.63) is 5.51 Å². The van der Waals surface area contributed by atoms with E-state index in [9.17, 15) is 4.79 Å². The number of hydrogen-bond donors (Lipinski definition) is 2. The van der Waals surface area contributed by atoms with Crippen LogP contribution in [-0.2, 0) is 4.79 Å². The highest BCUT2D eigenvalue weighted by molar-refractivity contribution is 7.13. The third-order valence-corrected chi connectivity index (χ3v) is 2.41. The monoisotopic (exact) mass is 214 g/mol. The van der Waals surface area contributed by atoms with E-state index in [2.05, 4.69) is 15.5 Å². The van der Waals surface area contributed by atoms with Crippen LogP contribution in [0.2, 0.25) is 0 Å². The Morgan fingerprint density at radius 3 is 2.71 bits per heavy atom. The molecular weight excluding hydrogens is 200 g/mol. The number of nitrogens with one attached hydrogen (secondary N) is 1. The van der Waals surface area contributed by atoms with Crippen molar-refractivity contribution in [2.75, 3.05) is 5.32 Å². The molecule has 0 aliphatic rings. The molecule has 78 valence electrons. The minimum absolute atomic E-state index is 0.228. The molecule has 1 heterocycles. The van der Waals surface area contributed by atoms with Crippen LogP contribution < -0.4 is 11.1 Å². The zero-order valence-corrected chi connectivity index (χ0v) is 9.26. The van der Waals surface area contributed by atoms with Crippen LogP contribution in [0, 0.1) is 5.41 Å². The van der Waals surface area contributed by atoms with Crippen LogP contribution in [-0.4, -0.2) is 22.1 Å². The molecule has 5 nitrogen and oxygen atoms in total. The van der Waals surface area contributed by atoms with Crippen molar-refractivity contribution < 1.29 is 4.79 Å². The average molecular weight is 214 g/mol. The van der Waals surface area contributed by atoms with Gasteiger partial charge in [-0.25, -0.2) is 0 Å². The smallest absolute Gasteiger partial charge is 0.243 e. The number of hydrogen-bond acceptors (Lipinski definition) is 5. The number of aromatic nitrogens is 2. The Balaban J connectivity index is 2.59. The third kappa shape index (κ3) is 2.74. The highest BCUT2D eigenvalue weighted by Gasteiger charge is 2.27. The van der Waals surface area contributed by atoms with Crippen molar-refractivity contribution in [2.24, 2.45) is 11.1 Å². The standard InChI is InChI=1S/C8H14N4OS/c1-8(2,3)5(9)6(13)11-7-12-10-4-14-7/h4-5H,9H2,1-3H3,(H,11,12,13)/t5-/m1/s1. The molecule has 0 saturated carbocycles. The van der Waals surface area contributed by atoms with Crippen LogP contribution in [0.1, 0.15) is 20.8 Å². The second kappa shape index (κ2) is 4.02. The van der Waals surface area contributed by atoms with Crippen molar-refractivity contribution in [3.8, 4) is 0 Å². The van der Waals surface area contributed by atoms with Gasteiger partial charge in [-0.1, -0.05) is 32.1 Å². The molecule has 1 aromatic heterocycles. The second-order valence-corrected chi connectivity index (χ2v) is 4.91. The summed E-state index contributed by atoms with van der Waals surface area (Å²) < 4.78 is 0. The van der Waals surface area contributed by atoms with Gasteiger partial charge in [0.25, 0.3) is 0 Å². The van der Waals surface area contributed by atoms with Gasteiger partial charge in [0.05, 0.1) is 6.04 Å². The number of carbonyl (C=O) groups excluding carboxylic acids is 1. The van der Waals surface area contributed by atoms with E-state index in [1.54, 1.807) is 5.51 Å². The Morgan fingerprint density at radius 2 is 2.29 bits per heavy atom. The van der Waals surface area contributed by atoms with E-state index >= 15 is 0 Å². The molecule has 1 aromatic rings. The van der Waals surface area contributed by atoms with E-state index < -0.39 is 6.04 Å². The summed E-state index contributed by atoms with van der Waals surface area (Å²) >= 11 is 1.27. The highest BCUT2D eigenvalue weighted by atomic mass is 32.1. The average Bonchev–Trinajstić information content (AvgIpc) is 2.53. The fourth-order valence-corrected chi connectivity index (χ4v) is 1.25. The minimum Gasteiger partial charge on any atom is -0.319 e. The summed E-state index contributed by atoms with van der Waals surface area (Å²) in [6.45, 7) is 5.74. The van der Waals surface area contributed by atoms with Crippen molar-refractivity contribution in [1.29, 1.82) is 0 Å². The predicted octanol–water partition coefficient (Wildman–Crippen LogP) is 0.850. The lowest BCUT2D eigenvalue weighted by Gasteiger charge is -2.25. The molecule has 0 saturated heterocycles. The van der Waals surface area contributed by atoms with E-state index in [-0.39, 0.29) is 11.3 Å². The number of rotatable bonds is 2. The van der Waals surface area contributed by atoms with E-state index in [0.717, 1.165) is 0 Å². The molecule has 0 radical (unpaired) electrons. The predicted molar refractivity (Wildman–Crippen MR) is 56.0 cm³/mol. The maximum absolute atomic E-state index is 11.6. The molecule has 0 unspecified atom stereocenters. The molecule has 0 aliphatic carbocycles. The van der Waals surface area contributed by atoms with Gasteiger partial charge in [0.1, 0.15) is 5.51 Å². The molecule has 3 N–H and O–H groups in total. The van der Waals surface area contributed by atoms with Gasteiger partial charge < -0.3 is 5.73 Å². The van der Waals surface area contributed by atoms with Gasteiger partial charge >= 0.3 is 0 Å². The van der Waals surface area contributed by atoms with Crippen molar-refractivity contribution in [3.63, 3.8) is 0 Å². The van der Waals surface area contributed by atoms with Crippen LogP contribution in [0.3, 0.4) is 0 Å². The van der Waals surface area contributed by atoms with Gasteiger partial charge in [-0.3, -0.25) is 10.1 Å². The molecule has 0 fully saturated rings. The van der Waals surface area contributed by atoms with Crippen LogP contribution in [0.15, 0.2) is 5.51 Å². The van der Waals surface area contributed by atoms with E-state index in [4.69, 9.17) is 5.73 Å². The Kier molecular flexibility index (Phi) is 3.17. The fourth-order valence-electron chi connectivity index (χ4n) is 0.804. The SMILES string of the molecule is CC(C)(C)[C@H](N)C(=O)Nc1nncs1. The minimum atomic E-state index is -0.550. The summed E-state index contributed by atoms with van der Waals surface area (Å²) in [6, 6.07) is -0.550. The van der Waals surface area contributed by atoms with Crippen molar-refractivity contribution in [1.82, 2.24) is 10.2 Å². The molecule has 1 atom stereocenters. The number of carbonyl (C=O) groups is 1. The Morgan fingerprint density at radius 1 is 1.64 bits per heavy atom. The summed E-state index contributed by atoms with van der Waals surface area (Å²) in [5.74, 6) is -0.228. The van der Waals surface area contributed by atoms with E-state index in [0.29, 0.717) is 5.13 Å². The Labute approximate surface area is 86.7 Å². The summed E-state index contributed by atoms with van der Waals surface area (Å²) in [4.78, 5) is 11.6. The summed E-state index contributed by atoms with van der Waals surface area (Å²) in [7, 11) is 0. The molecule has 0 bridgehead atoms. The van der Waals surface area contributed by atoms with Gasteiger partial charge in [0.2, 0.25) is 11.0 Å². The largest absolute Gasteiger partial charge is 0.319 e. The fraction of sp³-hybridized carbons (Fsp3) is 0.625. The molecular formula is C8H14N4OS. The van der Waals surface area contributed by atoms with Gasteiger partial charge in [-0.2, -0.15) is 0 Å². The van der Waals surface area contributed by atoms with Crippen LogP contribution in [0.4, 0.5) is 5.13 Å². The van der Waals surface area contributed by atoms with E-state index in [1.807, 2.05) is 20.8 Å². The van der Waals surface area contributed by atoms with Crippen LogP contribution in [0.25, 0.3) is 0 Å². The quantitative estimate of drug-likeness (QED) is 0.764. The first-order valence-corrected chi connectivity index (χ1v) is 5.12. The molecule has 6 heteroatoms. The lowest BCUT2D eigenvalue weighted by molar-refractivity contribution is -0.119. The zero-order valence-electron chi connectivity index (χ0n) is 8.44. The molecule has 0 spiro atoms. The summed E-state index contributed by atoms with van der Waals surface area (Å²) in [5, 5.41) is 10.4. The first kappa shape index (κ1) is 11.1. The van der Waals surface area contributed by atoms with Gasteiger partial charge in [-0.15, -0.1) is 10.2 Å². The lowest BCUT2D eigenvalue weighted by Crippen LogP contribution is -2.45. The second-order valence-electron chi connectivity index (χ2n) is 4.08. The number of anilines is 1. The molecule has 0 aromatic carbocycles. The van der Waals surface area contributed by atoms with Crippen LogP contribution in [0.5, 0.6) is 0 Å². The topological polar surface area (TPSA) is 80.9 Å². The lowest BCUT2D eigenvalue weighted by atomic mass is 9.87. The first-order valence-electron chi connectivity index (χ1n) is 4.24. The van der Waals surface area contributed by atoms with Gasteiger partial charge in [0, 0.05) is 0 Å². The van der Waals surface area contributed by atoms with Crippen molar-refractivity contribution >= 4 is 22.4 Å². The maximum atomic E-state index is 11.6. The third-order valence-electron chi connectivity index (χ3n) is 1.81. The molecule has 1 rings (SSSR count). The maximum Gasteiger partial charge on any atom is 0.243 e. The molecule has 0 aliphatic heterocycles. The van der Waals surface area contributed by atoms with Gasteiger partial charge in [0.15, 0.2) is 0 Å². The normalized spacial score (nSPS) is 13.7. The number of amides is 1. The zero-order chi connectivity index (χ0) is 10.8. The Hall–Kier alpha value is -1.01. The summed E-state index contributed by atoms with van der Waals surface area (Å²) in [6.07, 6.45) is 0. The Bertz CT molecular complexity index is 304.